The van der Waals surface area contributed by atoms with Crippen molar-refractivity contribution in [3.8, 4) is 0 Å². The molecule has 0 radical (unpaired) electrons. The summed E-state index contributed by atoms with van der Waals surface area (Å²) in [5, 5.41) is 2.74. The molecule has 3 rings (SSSR count). The number of hydrogen-bond donors (Lipinski definition) is 1. The van der Waals surface area contributed by atoms with Crippen molar-refractivity contribution in [2.45, 2.75) is 12.5 Å². The molecule has 1 atom stereocenters. The first kappa shape index (κ1) is 17.9. The summed E-state index contributed by atoms with van der Waals surface area (Å²) in [5.41, 5.74) is 7.14. The molecule has 1 unspecified atom stereocenters. The first-order valence-corrected chi connectivity index (χ1v) is 8.26. The predicted octanol–water partition coefficient (Wildman–Crippen LogP) is 2.28. The highest BCUT2D eigenvalue weighted by atomic mass is 35.5. The normalized spacial score (nSPS) is 17.6. The van der Waals surface area contributed by atoms with E-state index < -0.39 is 0 Å². The van der Waals surface area contributed by atoms with Crippen molar-refractivity contribution in [3.05, 3.63) is 52.0 Å². The van der Waals surface area contributed by atoms with E-state index in [0.29, 0.717) is 38.4 Å². The maximum absolute atomic E-state index is 12.6. The number of nitrogens with two attached hydrogens (primary N) is 1. The highest BCUT2D eigenvalue weighted by Gasteiger charge is 2.27. The molecule has 23 heavy (non-hydrogen) atoms. The molecule has 5 nitrogen and oxygen atoms in total. The van der Waals surface area contributed by atoms with Gasteiger partial charge in [-0.2, -0.15) is 0 Å². The van der Waals surface area contributed by atoms with Gasteiger partial charge >= 0.3 is 0 Å². The zero-order valence-electron chi connectivity index (χ0n) is 12.7. The van der Waals surface area contributed by atoms with E-state index in [4.69, 9.17) is 10.5 Å². The molecular formula is C16H20ClN3O2S. The molecule has 0 spiro atoms. The molecule has 0 bridgehead atoms. The van der Waals surface area contributed by atoms with Crippen LogP contribution in [0.1, 0.15) is 27.2 Å². The van der Waals surface area contributed by atoms with Crippen LogP contribution in [0, 0.1) is 0 Å². The molecule has 124 valence electrons. The van der Waals surface area contributed by atoms with Crippen LogP contribution in [0.2, 0.25) is 0 Å². The Morgan fingerprint density at radius 2 is 2.17 bits per heavy atom. The minimum Gasteiger partial charge on any atom is -0.370 e. The summed E-state index contributed by atoms with van der Waals surface area (Å²) in [6.07, 6.45) is 0.647. The molecule has 0 aliphatic carbocycles. The van der Waals surface area contributed by atoms with Gasteiger partial charge < -0.3 is 15.4 Å². The lowest BCUT2D eigenvalue weighted by atomic mass is 10.1. The van der Waals surface area contributed by atoms with Gasteiger partial charge in [0.15, 0.2) is 0 Å². The molecule has 2 heterocycles. The van der Waals surface area contributed by atoms with Gasteiger partial charge in [0.1, 0.15) is 11.8 Å². The van der Waals surface area contributed by atoms with E-state index in [0.717, 1.165) is 10.6 Å². The number of aromatic nitrogens is 1. The Morgan fingerprint density at radius 1 is 1.39 bits per heavy atom. The summed E-state index contributed by atoms with van der Waals surface area (Å²) in [7, 11) is 0. The fourth-order valence-corrected chi connectivity index (χ4v) is 3.30. The Balaban J connectivity index is 0.00000192. The third-order valence-electron chi connectivity index (χ3n) is 3.65. The van der Waals surface area contributed by atoms with E-state index >= 15 is 0 Å². The van der Waals surface area contributed by atoms with Crippen LogP contribution in [-0.4, -0.2) is 42.0 Å². The zero-order valence-corrected chi connectivity index (χ0v) is 14.3. The first-order valence-electron chi connectivity index (χ1n) is 7.38. The van der Waals surface area contributed by atoms with Gasteiger partial charge in [-0.1, -0.05) is 30.3 Å². The second kappa shape index (κ2) is 8.40. The number of nitrogens with zero attached hydrogens (tertiary/aromatic N) is 2. The Bertz CT molecular complexity index is 635. The average Bonchev–Trinajstić information content (AvgIpc) is 3.04. The van der Waals surface area contributed by atoms with Crippen LogP contribution in [0.5, 0.6) is 0 Å². The number of morpholine rings is 1. The van der Waals surface area contributed by atoms with Crippen LogP contribution in [-0.2, 0) is 11.2 Å². The Hall–Kier alpha value is -1.47. The molecule has 2 aromatic rings. The summed E-state index contributed by atoms with van der Waals surface area (Å²) < 4.78 is 5.80. The lowest BCUT2D eigenvalue weighted by Crippen LogP contribution is -2.42. The summed E-state index contributed by atoms with van der Waals surface area (Å²) in [6, 6.07) is 10.0. The molecule has 1 saturated heterocycles. The summed E-state index contributed by atoms with van der Waals surface area (Å²) in [5.74, 6) is -0.0243. The molecule has 2 N–H and O–H groups in total. The summed E-state index contributed by atoms with van der Waals surface area (Å²) in [6.45, 7) is 2.26. The molecule has 1 aromatic heterocycles. The van der Waals surface area contributed by atoms with E-state index in [1.807, 2.05) is 40.6 Å². The van der Waals surface area contributed by atoms with Gasteiger partial charge in [-0.05, 0) is 12.1 Å². The van der Waals surface area contributed by atoms with Crippen molar-refractivity contribution in [2.75, 3.05) is 26.2 Å². The smallest absolute Gasteiger partial charge is 0.273 e. The van der Waals surface area contributed by atoms with Crippen LogP contribution in [0.25, 0.3) is 0 Å². The molecule has 1 aliphatic heterocycles. The molecule has 1 aromatic carbocycles. The summed E-state index contributed by atoms with van der Waals surface area (Å²) in [4.78, 5) is 18.8. The van der Waals surface area contributed by atoms with Gasteiger partial charge in [-0.15, -0.1) is 23.7 Å². The fourth-order valence-electron chi connectivity index (χ4n) is 2.51. The van der Waals surface area contributed by atoms with Gasteiger partial charge in [0, 0.05) is 18.3 Å². The van der Waals surface area contributed by atoms with Crippen LogP contribution >= 0.6 is 23.7 Å². The van der Waals surface area contributed by atoms with E-state index in [9.17, 15) is 4.79 Å². The number of carbonyl (C=O) groups is 1. The monoisotopic (exact) mass is 353 g/mol. The number of carbonyl (C=O) groups excluding carboxylic acids is 1. The van der Waals surface area contributed by atoms with Crippen LogP contribution in [0.15, 0.2) is 35.7 Å². The van der Waals surface area contributed by atoms with Crippen molar-refractivity contribution < 1.29 is 9.53 Å². The molecule has 1 aliphatic rings. The van der Waals surface area contributed by atoms with Crippen molar-refractivity contribution >= 4 is 29.7 Å². The minimum atomic E-state index is -0.0685. The standard InChI is InChI=1S/C16H19N3O2S.ClH/c17-7-6-15-18-13(11-22-15)16(20)19-8-9-21-14(10-19)12-4-2-1-3-5-12;/h1-5,11,14H,6-10,17H2;1H. The molecule has 7 heteroatoms. The van der Waals surface area contributed by atoms with Gasteiger partial charge in [-0.25, -0.2) is 4.98 Å². The Kier molecular flexibility index (Phi) is 6.53. The third kappa shape index (κ3) is 4.29. The summed E-state index contributed by atoms with van der Waals surface area (Å²) >= 11 is 1.49. The Morgan fingerprint density at radius 3 is 2.91 bits per heavy atom. The number of halogens is 1. The SMILES string of the molecule is Cl.NCCc1nc(C(=O)N2CCOC(c3ccccc3)C2)cs1. The highest BCUT2D eigenvalue weighted by Crippen LogP contribution is 2.23. The van der Waals surface area contributed by atoms with Crippen molar-refractivity contribution in [3.63, 3.8) is 0 Å². The maximum Gasteiger partial charge on any atom is 0.273 e. The number of hydrogen-bond acceptors (Lipinski definition) is 5. The number of benzene rings is 1. The van der Waals surface area contributed by atoms with Gasteiger partial charge in [-0.3, -0.25) is 4.79 Å². The Labute approximate surface area is 145 Å². The second-order valence-electron chi connectivity index (χ2n) is 5.19. The van der Waals surface area contributed by atoms with E-state index in [-0.39, 0.29) is 24.4 Å². The topological polar surface area (TPSA) is 68.5 Å². The molecule has 1 amide bonds. The highest BCUT2D eigenvalue weighted by molar-refractivity contribution is 7.09. The number of amides is 1. The zero-order chi connectivity index (χ0) is 15.4. The lowest BCUT2D eigenvalue weighted by Gasteiger charge is -2.32. The van der Waals surface area contributed by atoms with Gasteiger partial charge in [0.05, 0.1) is 18.2 Å². The maximum atomic E-state index is 12.6. The first-order chi connectivity index (χ1) is 10.8. The predicted molar refractivity (Wildman–Crippen MR) is 93.2 cm³/mol. The lowest BCUT2D eigenvalue weighted by molar-refractivity contribution is -0.0229. The number of thiazole rings is 1. The van der Waals surface area contributed by atoms with Gasteiger partial charge in [0.2, 0.25) is 0 Å². The van der Waals surface area contributed by atoms with E-state index in [2.05, 4.69) is 4.98 Å². The number of rotatable bonds is 4. The van der Waals surface area contributed by atoms with E-state index in [1.54, 1.807) is 0 Å². The van der Waals surface area contributed by atoms with Crippen molar-refractivity contribution in [1.82, 2.24) is 9.88 Å². The molecular weight excluding hydrogens is 334 g/mol. The fraction of sp³-hybridized carbons (Fsp3) is 0.375. The van der Waals surface area contributed by atoms with Crippen LogP contribution in [0.3, 0.4) is 0 Å². The average molecular weight is 354 g/mol. The third-order valence-corrected chi connectivity index (χ3v) is 4.56. The molecule has 1 fully saturated rings. The molecule has 0 saturated carbocycles. The minimum absolute atomic E-state index is 0. The van der Waals surface area contributed by atoms with Crippen LogP contribution < -0.4 is 5.73 Å². The van der Waals surface area contributed by atoms with Crippen molar-refractivity contribution in [1.29, 1.82) is 0 Å². The van der Waals surface area contributed by atoms with E-state index in [1.165, 1.54) is 11.3 Å². The number of ether oxygens (including phenoxy) is 1. The van der Waals surface area contributed by atoms with Gasteiger partial charge in [0.25, 0.3) is 5.91 Å². The van der Waals surface area contributed by atoms with Crippen LogP contribution in [0.4, 0.5) is 0 Å². The largest absolute Gasteiger partial charge is 0.370 e. The van der Waals surface area contributed by atoms with Crippen molar-refractivity contribution in [2.24, 2.45) is 5.73 Å². The quantitative estimate of drug-likeness (QED) is 0.915. The second-order valence-corrected chi connectivity index (χ2v) is 6.13.